The topological polar surface area (TPSA) is 46.5 Å². The van der Waals surface area contributed by atoms with Gasteiger partial charge in [-0.25, -0.2) is 0 Å². The predicted molar refractivity (Wildman–Crippen MR) is 94.6 cm³/mol. The Bertz CT molecular complexity index is 374. The molecule has 1 N–H and O–H groups in total. The van der Waals surface area contributed by atoms with Gasteiger partial charge in [-0.05, 0) is 13.3 Å². The van der Waals surface area contributed by atoms with E-state index < -0.39 is 10.5 Å². The van der Waals surface area contributed by atoms with Gasteiger partial charge in [-0.1, -0.05) is 37.6 Å². The fourth-order valence-electron chi connectivity index (χ4n) is 1.83. The normalized spacial score (nSPS) is 18.7. The van der Waals surface area contributed by atoms with E-state index >= 15 is 0 Å². The summed E-state index contributed by atoms with van der Waals surface area (Å²) in [5.74, 6) is 2.58. The quantitative estimate of drug-likeness (QED) is 0.289. The van der Waals surface area contributed by atoms with Gasteiger partial charge in [0.1, 0.15) is 14.0 Å². The minimum atomic E-state index is -1.33. The Hall–Kier alpha value is -0.385. The van der Waals surface area contributed by atoms with E-state index in [1.54, 1.807) is 0 Å². The maximum Gasteiger partial charge on any atom is 0.309 e. The zero-order chi connectivity index (χ0) is 16.5. The van der Waals surface area contributed by atoms with Crippen LogP contribution in [0.15, 0.2) is 24.7 Å². The number of rotatable bonds is 10. The molecule has 0 rings (SSSR count). The van der Waals surface area contributed by atoms with Crippen molar-refractivity contribution in [2.75, 3.05) is 11.5 Å². The Kier molecular flexibility index (Phi) is 9.42. The third kappa shape index (κ3) is 6.94. The third-order valence-corrected chi connectivity index (χ3v) is 5.48. The Labute approximate surface area is 138 Å². The van der Waals surface area contributed by atoms with E-state index in [-0.39, 0.29) is 18.5 Å². The van der Waals surface area contributed by atoms with Crippen LogP contribution in [0.4, 0.5) is 0 Å². The summed E-state index contributed by atoms with van der Waals surface area (Å²) in [5, 5.41) is 9.19. The van der Waals surface area contributed by atoms with Gasteiger partial charge in [0.15, 0.2) is 5.06 Å². The summed E-state index contributed by atoms with van der Waals surface area (Å²) >= 11 is 7.80. The highest BCUT2D eigenvalue weighted by Gasteiger charge is 2.42. The molecule has 3 unspecified atom stereocenters. The molecule has 0 bridgehead atoms. The van der Waals surface area contributed by atoms with Gasteiger partial charge in [0.2, 0.25) is 0 Å². The Morgan fingerprint density at radius 1 is 1.62 bits per heavy atom. The zero-order valence-electron chi connectivity index (χ0n) is 13.4. The minimum absolute atomic E-state index is 0.212. The van der Waals surface area contributed by atoms with Crippen molar-refractivity contribution in [2.45, 2.75) is 44.8 Å². The van der Waals surface area contributed by atoms with Crippen LogP contribution in [0.25, 0.3) is 0 Å². The predicted octanol–water partition coefficient (Wildman–Crippen LogP) is 2.72. The number of aliphatic hydroxyl groups is 1. The third-order valence-electron chi connectivity index (χ3n) is 3.43. The van der Waals surface area contributed by atoms with Crippen molar-refractivity contribution in [2.24, 2.45) is 5.41 Å². The molecule has 120 valence electrons. The van der Waals surface area contributed by atoms with Crippen LogP contribution in [0.5, 0.6) is 0 Å². The molecule has 0 fully saturated rings. The van der Waals surface area contributed by atoms with E-state index in [0.29, 0.717) is 11.5 Å². The summed E-state index contributed by atoms with van der Waals surface area (Å²) in [7, 11) is 1.91. The molecule has 0 radical (unpaired) electrons. The summed E-state index contributed by atoms with van der Waals surface area (Å²) in [5.41, 5.74) is -0.487. The lowest BCUT2D eigenvalue weighted by molar-refractivity contribution is -0.146. The number of carbonyl (C=O) groups excluding carboxylic acids is 1. The van der Waals surface area contributed by atoms with Gasteiger partial charge in [0.25, 0.3) is 0 Å². The molecule has 0 aromatic heterocycles. The molecule has 3 atom stereocenters. The van der Waals surface area contributed by atoms with Crippen molar-refractivity contribution in [1.29, 1.82) is 0 Å². The second-order valence-corrected chi connectivity index (χ2v) is 6.99. The Balaban J connectivity index is 4.37. The second kappa shape index (κ2) is 9.60. The van der Waals surface area contributed by atoms with Crippen molar-refractivity contribution >= 4 is 37.2 Å². The largest absolute Gasteiger partial charge is 0.462 e. The molecule has 0 saturated carbocycles. The molecule has 0 aliphatic heterocycles. The average molecular weight is 333 g/mol. The van der Waals surface area contributed by atoms with Gasteiger partial charge in [-0.15, -0.1) is 12.6 Å². The number of ether oxygens (including phenoxy) is 1. The lowest BCUT2D eigenvalue weighted by atomic mass is 9.80. The summed E-state index contributed by atoms with van der Waals surface area (Å²) in [4.78, 5) is 11.3. The SMILES string of the molecule is B/C=C\C(C)(CC)C(O)(Cl)CSCC(C)OC(=O)CC=C. The molecule has 0 aliphatic carbocycles. The first-order valence-corrected chi connectivity index (χ1v) is 8.69. The van der Waals surface area contributed by atoms with Crippen molar-refractivity contribution in [3.05, 3.63) is 24.7 Å². The van der Waals surface area contributed by atoms with Crippen LogP contribution in [0.3, 0.4) is 0 Å². The summed E-state index contributed by atoms with van der Waals surface area (Å²) < 4.78 is 5.20. The lowest BCUT2D eigenvalue weighted by Crippen LogP contribution is -2.42. The van der Waals surface area contributed by atoms with Gasteiger partial charge in [-0.2, -0.15) is 11.8 Å². The van der Waals surface area contributed by atoms with E-state index in [9.17, 15) is 9.90 Å². The molecule has 0 aromatic rings. The van der Waals surface area contributed by atoms with Crippen molar-refractivity contribution < 1.29 is 14.6 Å². The number of halogens is 1. The van der Waals surface area contributed by atoms with Crippen LogP contribution in [0, 0.1) is 5.41 Å². The number of hydrogen-bond acceptors (Lipinski definition) is 4. The molecule has 0 amide bonds. The average Bonchev–Trinajstić information content (AvgIpc) is 2.38. The van der Waals surface area contributed by atoms with E-state index in [1.165, 1.54) is 17.8 Å². The lowest BCUT2D eigenvalue weighted by Gasteiger charge is -2.38. The van der Waals surface area contributed by atoms with E-state index in [4.69, 9.17) is 16.3 Å². The highest BCUT2D eigenvalue weighted by Crippen LogP contribution is 2.41. The summed E-state index contributed by atoms with van der Waals surface area (Å²) in [6.45, 7) is 9.26. The van der Waals surface area contributed by atoms with Crippen molar-refractivity contribution in [3.8, 4) is 0 Å². The van der Waals surface area contributed by atoms with Crippen LogP contribution in [0.1, 0.15) is 33.6 Å². The van der Waals surface area contributed by atoms with Crippen LogP contribution in [-0.4, -0.2) is 41.6 Å². The highest BCUT2D eigenvalue weighted by molar-refractivity contribution is 7.99. The van der Waals surface area contributed by atoms with Crippen LogP contribution in [-0.2, 0) is 9.53 Å². The molecular weight excluding hydrogens is 306 g/mol. The van der Waals surface area contributed by atoms with Crippen LogP contribution < -0.4 is 0 Å². The van der Waals surface area contributed by atoms with Crippen LogP contribution in [0.2, 0.25) is 0 Å². The number of esters is 1. The standard InChI is InChI=1S/C15H26BClO3S/c1-5-7-13(18)20-12(3)10-21-11-15(17,19)14(4,6-2)8-9-16/h5,8-9,12,19H,1,6-7,10-11,16H2,2-4H3/b9-8-. The van der Waals surface area contributed by atoms with E-state index in [1.807, 2.05) is 40.7 Å². The molecule has 6 heteroatoms. The number of carbonyl (C=O) groups is 1. The van der Waals surface area contributed by atoms with Gasteiger partial charge in [0.05, 0.1) is 6.42 Å². The van der Waals surface area contributed by atoms with E-state index in [0.717, 1.165) is 6.42 Å². The van der Waals surface area contributed by atoms with Crippen molar-refractivity contribution in [1.82, 2.24) is 0 Å². The monoisotopic (exact) mass is 332 g/mol. The van der Waals surface area contributed by atoms with Gasteiger partial charge in [0, 0.05) is 16.9 Å². The minimum Gasteiger partial charge on any atom is -0.462 e. The first kappa shape index (κ1) is 20.6. The zero-order valence-corrected chi connectivity index (χ0v) is 15.0. The van der Waals surface area contributed by atoms with Crippen molar-refractivity contribution in [3.63, 3.8) is 0 Å². The first-order chi connectivity index (χ1) is 9.72. The molecule has 0 aliphatic rings. The Morgan fingerprint density at radius 2 is 2.24 bits per heavy atom. The van der Waals surface area contributed by atoms with Gasteiger partial charge >= 0.3 is 5.97 Å². The van der Waals surface area contributed by atoms with Gasteiger partial charge < -0.3 is 9.84 Å². The molecule has 0 aromatic carbocycles. The second-order valence-electron chi connectivity index (χ2n) is 5.34. The molecule has 0 saturated heterocycles. The number of alkyl halides is 1. The molecule has 3 nitrogen and oxygen atoms in total. The summed E-state index contributed by atoms with van der Waals surface area (Å²) in [6, 6.07) is 0. The molecule has 0 heterocycles. The highest BCUT2D eigenvalue weighted by atomic mass is 35.5. The first-order valence-electron chi connectivity index (χ1n) is 7.15. The van der Waals surface area contributed by atoms with Gasteiger partial charge in [-0.3, -0.25) is 4.79 Å². The molecule has 0 spiro atoms. The molecular formula is C15H26BClO3S. The van der Waals surface area contributed by atoms with E-state index in [2.05, 4.69) is 6.58 Å². The smallest absolute Gasteiger partial charge is 0.309 e. The maximum atomic E-state index is 11.3. The fraction of sp³-hybridized carbons (Fsp3) is 0.667. The molecule has 21 heavy (non-hydrogen) atoms. The maximum absolute atomic E-state index is 11.3. The Morgan fingerprint density at radius 3 is 2.71 bits per heavy atom. The summed E-state index contributed by atoms with van der Waals surface area (Å²) in [6.07, 6.45) is 4.19. The fourth-order valence-corrected chi connectivity index (χ4v) is 3.38. The number of hydrogen-bond donors (Lipinski definition) is 1. The van der Waals surface area contributed by atoms with Crippen LogP contribution >= 0.6 is 23.4 Å². The number of thioether (sulfide) groups is 1.